The fourth-order valence-electron chi connectivity index (χ4n) is 1.87. The standard InChI is InChI=1S/C12H11BrO2/c13-11-3-1-2-9-5-4-8(6-10(9)11)7-12(14)15/h1-3,6H,4-5,7H2,(H,14,15). The van der Waals surface area contributed by atoms with Crippen molar-refractivity contribution in [3.05, 3.63) is 39.4 Å². The highest BCUT2D eigenvalue weighted by Gasteiger charge is 2.14. The quantitative estimate of drug-likeness (QED) is 0.893. The number of aliphatic carboxylic acids is 1. The smallest absolute Gasteiger partial charge is 0.307 e. The van der Waals surface area contributed by atoms with E-state index in [2.05, 4.69) is 22.0 Å². The second-order valence-corrected chi connectivity index (χ2v) is 4.54. The molecule has 1 aromatic carbocycles. The molecule has 0 bridgehead atoms. The predicted octanol–water partition coefficient (Wildman–Crippen LogP) is 3.25. The van der Waals surface area contributed by atoms with Gasteiger partial charge in [-0.2, -0.15) is 0 Å². The molecule has 0 heterocycles. The van der Waals surface area contributed by atoms with Gasteiger partial charge in [0.2, 0.25) is 0 Å². The molecule has 0 aromatic heterocycles. The molecule has 0 spiro atoms. The SMILES string of the molecule is O=C(O)CC1=Cc2c(Br)cccc2CC1. The van der Waals surface area contributed by atoms with Crippen LogP contribution in [0.4, 0.5) is 0 Å². The van der Waals surface area contributed by atoms with Crippen molar-refractivity contribution in [2.45, 2.75) is 19.3 Å². The summed E-state index contributed by atoms with van der Waals surface area (Å²) in [7, 11) is 0. The van der Waals surface area contributed by atoms with Crippen molar-refractivity contribution in [1.82, 2.24) is 0 Å². The third-order valence-electron chi connectivity index (χ3n) is 2.59. The van der Waals surface area contributed by atoms with E-state index in [0.29, 0.717) is 0 Å². The molecule has 0 fully saturated rings. The number of aryl methyl sites for hydroxylation is 1. The van der Waals surface area contributed by atoms with Crippen LogP contribution in [0.3, 0.4) is 0 Å². The Morgan fingerprint density at radius 1 is 1.40 bits per heavy atom. The molecule has 1 aliphatic carbocycles. The summed E-state index contributed by atoms with van der Waals surface area (Å²) in [4.78, 5) is 10.6. The van der Waals surface area contributed by atoms with Crippen molar-refractivity contribution >= 4 is 28.0 Å². The second kappa shape index (κ2) is 4.19. The molecule has 0 unspecified atom stereocenters. The highest BCUT2D eigenvalue weighted by atomic mass is 79.9. The van der Waals surface area contributed by atoms with Gasteiger partial charge in [0.25, 0.3) is 0 Å². The Morgan fingerprint density at radius 2 is 2.20 bits per heavy atom. The summed E-state index contributed by atoms with van der Waals surface area (Å²) in [6.07, 6.45) is 3.95. The first kappa shape index (κ1) is 10.4. The fraction of sp³-hybridized carbons (Fsp3) is 0.250. The van der Waals surface area contributed by atoms with Gasteiger partial charge in [0.15, 0.2) is 0 Å². The number of halogens is 1. The largest absolute Gasteiger partial charge is 0.481 e. The number of carbonyl (C=O) groups is 1. The van der Waals surface area contributed by atoms with Gasteiger partial charge < -0.3 is 5.11 Å². The highest BCUT2D eigenvalue weighted by Crippen LogP contribution is 2.30. The maximum absolute atomic E-state index is 10.6. The van der Waals surface area contributed by atoms with Gasteiger partial charge in [0.05, 0.1) is 6.42 Å². The Morgan fingerprint density at radius 3 is 2.93 bits per heavy atom. The highest BCUT2D eigenvalue weighted by molar-refractivity contribution is 9.10. The maximum Gasteiger partial charge on any atom is 0.307 e. The lowest BCUT2D eigenvalue weighted by Crippen LogP contribution is -2.04. The van der Waals surface area contributed by atoms with E-state index in [4.69, 9.17) is 5.11 Å². The normalized spacial score (nSPS) is 14.3. The van der Waals surface area contributed by atoms with Crippen LogP contribution in [0.15, 0.2) is 28.2 Å². The summed E-state index contributed by atoms with van der Waals surface area (Å²) in [6.45, 7) is 0. The molecular formula is C12H11BrO2. The minimum atomic E-state index is -0.753. The van der Waals surface area contributed by atoms with Crippen molar-refractivity contribution in [1.29, 1.82) is 0 Å². The van der Waals surface area contributed by atoms with Gasteiger partial charge in [-0.15, -0.1) is 0 Å². The monoisotopic (exact) mass is 266 g/mol. The van der Waals surface area contributed by atoms with E-state index in [1.54, 1.807) is 0 Å². The number of fused-ring (bicyclic) bond motifs is 1. The lowest BCUT2D eigenvalue weighted by atomic mass is 9.91. The molecule has 78 valence electrons. The van der Waals surface area contributed by atoms with Crippen LogP contribution < -0.4 is 0 Å². The first-order chi connectivity index (χ1) is 7.16. The Kier molecular flexibility index (Phi) is 2.91. The number of benzene rings is 1. The first-order valence-electron chi connectivity index (χ1n) is 4.85. The van der Waals surface area contributed by atoms with Gasteiger partial charge in [0, 0.05) is 4.47 Å². The number of hydrogen-bond donors (Lipinski definition) is 1. The molecule has 0 aliphatic heterocycles. The Labute approximate surface area is 96.7 Å². The van der Waals surface area contributed by atoms with Crippen LogP contribution >= 0.6 is 15.9 Å². The molecule has 1 aliphatic rings. The minimum Gasteiger partial charge on any atom is -0.481 e. The van der Waals surface area contributed by atoms with Gasteiger partial charge in [-0.25, -0.2) is 0 Å². The Bertz CT molecular complexity index is 435. The van der Waals surface area contributed by atoms with Crippen LogP contribution in [0, 0.1) is 0 Å². The molecule has 0 saturated carbocycles. The van der Waals surface area contributed by atoms with E-state index in [1.165, 1.54) is 5.56 Å². The van der Waals surface area contributed by atoms with Crippen LogP contribution in [0.25, 0.3) is 6.08 Å². The number of rotatable bonds is 2. The Balaban J connectivity index is 2.35. The van der Waals surface area contributed by atoms with Gasteiger partial charge in [-0.1, -0.05) is 39.7 Å². The lowest BCUT2D eigenvalue weighted by molar-refractivity contribution is -0.136. The zero-order chi connectivity index (χ0) is 10.8. The molecule has 0 atom stereocenters. The Hall–Kier alpha value is -1.09. The summed E-state index contributed by atoms with van der Waals surface area (Å²) in [5.74, 6) is -0.753. The third kappa shape index (κ3) is 2.29. The predicted molar refractivity (Wildman–Crippen MR) is 62.7 cm³/mol. The van der Waals surface area contributed by atoms with Crippen LogP contribution in [0.2, 0.25) is 0 Å². The summed E-state index contributed by atoms with van der Waals surface area (Å²) in [6, 6.07) is 6.09. The van der Waals surface area contributed by atoms with Crippen molar-refractivity contribution in [2.24, 2.45) is 0 Å². The number of carboxylic acid groups (broad SMARTS) is 1. The van der Waals surface area contributed by atoms with Gasteiger partial charge in [-0.3, -0.25) is 4.79 Å². The topological polar surface area (TPSA) is 37.3 Å². The molecule has 0 radical (unpaired) electrons. The molecule has 0 saturated heterocycles. The summed E-state index contributed by atoms with van der Waals surface area (Å²) >= 11 is 3.48. The molecule has 15 heavy (non-hydrogen) atoms. The van der Waals surface area contributed by atoms with Crippen LogP contribution in [0.1, 0.15) is 24.0 Å². The van der Waals surface area contributed by atoms with Gasteiger partial charge in [-0.05, 0) is 30.0 Å². The minimum absolute atomic E-state index is 0.154. The van der Waals surface area contributed by atoms with Crippen LogP contribution in [-0.2, 0) is 11.2 Å². The fourth-order valence-corrected chi connectivity index (χ4v) is 2.39. The van der Waals surface area contributed by atoms with Gasteiger partial charge >= 0.3 is 5.97 Å². The molecule has 1 aromatic rings. The van der Waals surface area contributed by atoms with Crippen molar-refractivity contribution < 1.29 is 9.90 Å². The molecule has 1 N–H and O–H groups in total. The van der Waals surface area contributed by atoms with Gasteiger partial charge in [0.1, 0.15) is 0 Å². The zero-order valence-electron chi connectivity index (χ0n) is 8.16. The third-order valence-corrected chi connectivity index (χ3v) is 3.28. The maximum atomic E-state index is 10.6. The number of hydrogen-bond acceptors (Lipinski definition) is 1. The average Bonchev–Trinajstić information content (AvgIpc) is 2.18. The molecule has 2 rings (SSSR count). The molecule has 0 amide bonds. The van der Waals surface area contributed by atoms with E-state index in [0.717, 1.165) is 28.5 Å². The summed E-state index contributed by atoms with van der Waals surface area (Å²) in [5.41, 5.74) is 3.43. The van der Waals surface area contributed by atoms with E-state index in [-0.39, 0.29) is 6.42 Å². The van der Waals surface area contributed by atoms with Crippen LogP contribution in [-0.4, -0.2) is 11.1 Å². The van der Waals surface area contributed by atoms with E-state index < -0.39 is 5.97 Å². The summed E-state index contributed by atoms with van der Waals surface area (Å²) < 4.78 is 1.04. The zero-order valence-corrected chi connectivity index (χ0v) is 9.75. The van der Waals surface area contributed by atoms with E-state index in [9.17, 15) is 4.79 Å². The molecule has 3 heteroatoms. The van der Waals surface area contributed by atoms with Crippen molar-refractivity contribution in [3.63, 3.8) is 0 Å². The van der Waals surface area contributed by atoms with Crippen LogP contribution in [0.5, 0.6) is 0 Å². The second-order valence-electron chi connectivity index (χ2n) is 3.69. The lowest BCUT2D eigenvalue weighted by Gasteiger charge is -2.16. The molecule has 2 nitrogen and oxygen atoms in total. The average molecular weight is 267 g/mol. The summed E-state index contributed by atoms with van der Waals surface area (Å²) in [5, 5.41) is 8.73. The van der Waals surface area contributed by atoms with E-state index in [1.807, 2.05) is 18.2 Å². The number of carboxylic acids is 1. The van der Waals surface area contributed by atoms with Crippen molar-refractivity contribution in [2.75, 3.05) is 0 Å². The van der Waals surface area contributed by atoms with E-state index >= 15 is 0 Å². The van der Waals surface area contributed by atoms with Crippen molar-refractivity contribution in [3.8, 4) is 0 Å². The molecular weight excluding hydrogens is 256 g/mol. The first-order valence-corrected chi connectivity index (χ1v) is 5.65.